The van der Waals surface area contributed by atoms with Crippen LogP contribution in [0.1, 0.15) is 43.7 Å². The second-order valence-electron chi connectivity index (χ2n) is 7.87. The number of fused-ring (bicyclic) bond motifs is 1. The molecule has 0 bridgehead atoms. The van der Waals surface area contributed by atoms with Crippen LogP contribution in [-0.4, -0.2) is 30.5 Å². The van der Waals surface area contributed by atoms with Crippen molar-refractivity contribution >= 4 is 0 Å². The summed E-state index contributed by atoms with van der Waals surface area (Å²) in [5.41, 5.74) is 9.61. The third-order valence-corrected chi connectivity index (χ3v) is 5.54. The van der Waals surface area contributed by atoms with Crippen molar-refractivity contribution in [1.82, 2.24) is 10.2 Å². The molecule has 4 rings (SSSR count). The average Bonchev–Trinajstić information content (AvgIpc) is 3.28. The van der Waals surface area contributed by atoms with Gasteiger partial charge in [0.2, 0.25) is 11.8 Å². The number of aromatic amines is 1. The van der Waals surface area contributed by atoms with Crippen LogP contribution in [0.3, 0.4) is 0 Å². The molecular weight excluding hydrogens is 432 g/mol. The third kappa shape index (κ3) is 4.37. The Balaban J connectivity index is 1.79. The molecule has 3 aromatic rings. The van der Waals surface area contributed by atoms with Gasteiger partial charge in [0.25, 0.3) is 0 Å². The van der Waals surface area contributed by atoms with Gasteiger partial charge in [-0.1, -0.05) is 19.9 Å². The molecule has 0 spiro atoms. The molecule has 176 valence electrons. The van der Waals surface area contributed by atoms with Crippen LogP contribution in [0.2, 0.25) is 0 Å². The minimum atomic E-state index is -0.493. The number of benzene rings is 2. The minimum absolute atomic E-state index is 0.0339. The van der Waals surface area contributed by atoms with Crippen LogP contribution in [-0.2, 0) is 0 Å². The fraction of sp³-hybridized carbons (Fsp3) is 0.308. The SMILES string of the molecule is CCCOc1ccc(-c2[nH]nc3c2C(c2ccc(OCCC)c(OC)c2)C(C#N)=C(N)O3)cc1. The fourth-order valence-corrected chi connectivity index (χ4v) is 3.93. The first-order chi connectivity index (χ1) is 16.6. The van der Waals surface area contributed by atoms with Crippen molar-refractivity contribution in [3.8, 4) is 40.5 Å². The largest absolute Gasteiger partial charge is 0.494 e. The van der Waals surface area contributed by atoms with Crippen molar-refractivity contribution in [3.05, 3.63) is 65.0 Å². The molecule has 8 heteroatoms. The molecule has 1 atom stereocenters. The Morgan fingerprint density at radius 2 is 1.79 bits per heavy atom. The number of aromatic nitrogens is 2. The zero-order chi connectivity index (χ0) is 24.1. The first-order valence-corrected chi connectivity index (χ1v) is 11.3. The number of H-pyrrole nitrogens is 1. The summed E-state index contributed by atoms with van der Waals surface area (Å²) >= 11 is 0. The highest BCUT2D eigenvalue weighted by Gasteiger charge is 2.36. The molecule has 34 heavy (non-hydrogen) atoms. The number of nitrogens with one attached hydrogen (secondary N) is 1. The number of nitrogens with two attached hydrogens (primary N) is 1. The standard InChI is InChI=1S/C26H28N4O4/c1-4-12-32-18-9-6-16(7-10-18)24-23-22(19(15-27)25(28)34-26(23)30-29-24)17-8-11-20(33-13-5-2)21(14-17)31-3/h6-11,14,22H,4-5,12-13,28H2,1-3H3,(H,29,30). The summed E-state index contributed by atoms with van der Waals surface area (Å²) in [6, 6.07) is 15.6. The fourth-order valence-electron chi connectivity index (χ4n) is 3.93. The maximum absolute atomic E-state index is 9.96. The minimum Gasteiger partial charge on any atom is -0.494 e. The van der Waals surface area contributed by atoms with E-state index in [4.69, 9.17) is 24.7 Å². The number of ether oxygens (including phenoxy) is 4. The zero-order valence-electron chi connectivity index (χ0n) is 19.6. The predicted molar refractivity (Wildman–Crippen MR) is 128 cm³/mol. The molecule has 1 aliphatic heterocycles. The van der Waals surface area contributed by atoms with Crippen molar-refractivity contribution in [2.75, 3.05) is 20.3 Å². The smallest absolute Gasteiger partial charge is 0.244 e. The molecule has 1 aliphatic rings. The van der Waals surface area contributed by atoms with E-state index in [2.05, 4.69) is 23.2 Å². The van der Waals surface area contributed by atoms with E-state index in [1.54, 1.807) is 7.11 Å². The molecule has 8 nitrogen and oxygen atoms in total. The molecule has 1 aromatic heterocycles. The highest BCUT2D eigenvalue weighted by Crippen LogP contribution is 2.47. The summed E-state index contributed by atoms with van der Waals surface area (Å²) in [6.45, 7) is 5.34. The Bertz CT molecular complexity index is 1220. The van der Waals surface area contributed by atoms with Crippen LogP contribution >= 0.6 is 0 Å². The van der Waals surface area contributed by atoms with Gasteiger partial charge in [0.05, 0.1) is 37.5 Å². The summed E-state index contributed by atoms with van der Waals surface area (Å²) in [7, 11) is 1.59. The van der Waals surface area contributed by atoms with Gasteiger partial charge in [-0.2, -0.15) is 5.26 Å². The maximum atomic E-state index is 9.96. The van der Waals surface area contributed by atoms with Crippen LogP contribution in [0.4, 0.5) is 0 Å². The van der Waals surface area contributed by atoms with E-state index in [0.29, 0.717) is 36.2 Å². The lowest BCUT2D eigenvalue weighted by molar-refractivity contribution is 0.294. The molecular formula is C26H28N4O4. The van der Waals surface area contributed by atoms with Crippen molar-refractivity contribution in [1.29, 1.82) is 5.26 Å². The van der Waals surface area contributed by atoms with Crippen molar-refractivity contribution in [2.45, 2.75) is 32.6 Å². The van der Waals surface area contributed by atoms with Crippen LogP contribution in [0.5, 0.6) is 23.1 Å². The molecule has 0 radical (unpaired) electrons. The number of rotatable bonds is 9. The van der Waals surface area contributed by atoms with E-state index < -0.39 is 5.92 Å². The summed E-state index contributed by atoms with van der Waals surface area (Å²) in [5, 5.41) is 17.4. The molecule has 2 aromatic carbocycles. The molecule has 3 N–H and O–H groups in total. The molecule has 0 aliphatic carbocycles. The number of hydrogen-bond acceptors (Lipinski definition) is 7. The van der Waals surface area contributed by atoms with Crippen LogP contribution in [0.15, 0.2) is 53.9 Å². The first-order valence-electron chi connectivity index (χ1n) is 11.3. The maximum Gasteiger partial charge on any atom is 0.244 e. The van der Waals surface area contributed by atoms with Gasteiger partial charge in [-0.05, 0) is 54.8 Å². The van der Waals surface area contributed by atoms with Gasteiger partial charge in [0, 0.05) is 5.56 Å². The van der Waals surface area contributed by atoms with E-state index in [1.807, 2.05) is 49.4 Å². The van der Waals surface area contributed by atoms with Crippen LogP contribution < -0.4 is 24.7 Å². The highest BCUT2D eigenvalue weighted by molar-refractivity contribution is 5.71. The number of nitrogens with zero attached hydrogens (tertiary/aromatic N) is 2. The second kappa shape index (κ2) is 10.2. The summed E-state index contributed by atoms with van der Waals surface area (Å²) in [5.74, 6) is 1.90. The number of hydrogen-bond donors (Lipinski definition) is 2. The van der Waals surface area contributed by atoms with Crippen LogP contribution in [0.25, 0.3) is 11.3 Å². The van der Waals surface area contributed by atoms with Crippen molar-refractivity contribution in [2.24, 2.45) is 5.73 Å². The molecule has 0 amide bonds. The lowest BCUT2D eigenvalue weighted by Crippen LogP contribution is -2.21. The highest BCUT2D eigenvalue weighted by atomic mass is 16.5. The summed E-state index contributed by atoms with van der Waals surface area (Å²) < 4.78 is 22.8. The van der Waals surface area contributed by atoms with E-state index in [-0.39, 0.29) is 5.88 Å². The van der Waals surface area contributed by atoms with Gasteiger partial charge >= 0.3 is 0 Å². The van der Waals surface area contributed by atoms with Crippen molar-refractivity contribution < 1.29 is 18.9 Å². The Morgan fingerprint density at radius 3 is 2.47 bits per heavy atom. The lowest BCUT2D eigenvalue weighted by Gasteiger charge is -2.25. The second-order valence-corrected chi connectivity index (χ2v) is 7.87. The molecule has 0 saturated heterocycles. The van der Waals surface area contributed by atoms with Crippen LogP contribution in [0, 0.1) is 11.3 Å². The number of nitriles is 1. The normalized spacial score (nSPS) is 14.7. The summed E-state index contributed by atoms with van der Waals surface area (Å²) in [6.07, 6.45) is 1.82. The van der Waals surface area contributed by atoms with E-state index >= 15 is 0 Å². The van der Waals surface area contributed by atoms with E-state index in [9.17, 15) is 5.26 Å². The Hall–Kier alpha value is -4.12. The Labute approximate surface area is 198 Å². The van der Waals surface area contributed by atoms with Gasteiger partial charge < -0.3 is 24.7 Å². The average molecular weight is 461 g/mol. The Morgan fingerprint density at radius 1 is 1.06 bits per heavy atom. The zero-order valence-corrected chi connectivity index (χ0v) is 19.6. The summed E-state index contributed by atoms with van der Waals surface area (Å²) in [4.78, 5) is 0. The molecule has 1 unspecified atom stereocenters. The quantitative estimate of drug-likeness (QED) is 0.467. The molecule has 0 saturated carbocycles. The number of allylic oxidation sites excluding steroid dienone is 1. The first kappa shape index (κ1) is 23.1. The van der Waals surface area contributed by atoms with E-state index in [1.165, 1.54) is 0 Å². The lowest BCUT2D eigenvalue weighted by atomic mass is 9.83. The van der Waals surface area contributed by atoms with Crippen molar-refractivity contribution in [3.63, 3.8) is 0 Å². The molecule has 0 fully saturated rings. The monoisotopic (exact) mass is 460 g/mol. The molecule has 2 heterocycles. The predicted octanol–water partition coefficient (Wildman–Crippen LogP) is 4.88. The van der Waals surface area contributed by atoms with Gasteiger partial charge in [-0.15, -0.1) is 5.10 Å². The topological polar surface area (TPSA) is 115 Å². The number of methoxy groups -OCH3 is 1. The van der Waals surface area contributed by atoms with Gasteiger partial charge in [0.1, 0.15) is 17.4 Å². The van der Waals surface area contributed by atoms with Gasteiger partial charge in [-0.25, -0.2) is 0 Å². The Kier molecular flexibility index (Phi) is 6.93. The third-order valence-electron chi connectivity index (χ3n) is 5.54. The van der Waals surface area contributed by atoms with Gasteiger partial charge in [-0.3, -0.25) is 5.10 Å². The van der Waals surface area contributed by atoms with Gasteiger partial charge in [0.15, 0.2) is 11.5 Å². The van der Waals surface area contributed by atoms with E-state index in [0.717, 1.165) is 41.0 Å².